The molecule has 3 rings (SSSR count). The van der Waals surface area contributed by atoms with E-state index in [1.165, 1.54) is 0 Å². The predicted molar refractivity (Wildman–Crippen MR) is 178 cm³/mol. The predicted octanol–water partition coefficient (Wildman–Crippen LogP) is 9.86. The van der Waals surface area contributed by atoms with Gasteiger partial charge in [0.25, 0.3) is 0 Å². The van der Waals surface area contributed by atoms with Crippen molar-refractivity contribution in [2.45, 2.75) is 144 Å². The van der Waals surface area contributed by atoms with E-state index in [9.17, 15) is 4.79 Å². The lowest BCUT2D eigenvalue weighted by atomic mass is 9.78. The molecule has 2 aromatic rings. The third kappa shape index (κ3) is 7.15. The Morgan fingerprint density at radius 1 is 0.524 bits per heavy atom. The molecular weight excluding hydrogens is 520 g/mol. The molecule has 0 atom stereocenters. The summed E-state index contributed by atoms with van der Waals surface area (Å²) >= 11 is 0. The molecule has 5 nitrogen and oxygen atoms in total. The second kappa shape index (κ2) is 10.6. The van der Waals surface area contributed by atoms with Crippen molar-refractivity contribution in [2.75, 3.05) is 0 Å². The van der Waals surface area contributed by atoms with E-state index in [4.69, 9.17) is 19.5 Å². The molecular formula is C37H54N2O3. The van der Waals surface area contributed by atoms with Crippen molar-refractivity contribution >= 4 is 18.6 Å². The van der Waals surface area contributed by atoms with Crippen molar-refractivity contribution in [3.05, 3.63) is 57.6 Å². The first kappa shape index (κ1) is 33.6. The Labute approximate surface area is 255 Å². The molecule has 1 heterocycles. The van der Waals surface area contributed by atoms with Crippen LogP contribution in [-0.2, 0) is 21.7 Å². The molecule has 230 valence electrons. The minimum absolute atomic E-state index is 0.116. The van der Waals surface area contributed by atoms with Crippen LogP contribution in [0, 0.1) is 0 Å². The molecule has 5 heteroatoms. The van der Waals surface area contributed by atoms with Gasteiger partial charge in [0.1, 0.15) is 11.5 Å². The van der Waals surface area contributed by atoms with Crippen molar-refractivity contribution in [3.63, 3.8) is 0 Å². The van der Waals surface area contributed by atoms with E-state index in [0.717, 1.165) is 33.4 Å². The number of hydrogen-bond acceptors (Lipinski definition) is 5. The fourth-order valence-corrected chi connectivity index (χ4v) is 4.67. The lowest BCUT2D eigenvalue weighted by Crippen LogP contribution is -2.42. The SMILES string of the molecule is CC(C)(C)c1cc2c(c(C(C)(C)C)c1)OC(=O)Oc1c(cc(C(C)(C)C)cc1C(C)(C)C)C=NC(C)(C)C(C)(C)N=C2. The highest BCUT2D eigenvalue weighted by atomic mass is 16.7. The zero-order chi connectivity index (χ0) is 32.3. The van der Waals surface area contributed by atoms with E-state index in [1.807, 2.05) is 12.4 Å². The van der Waals surface area contributed by atoms with Gasteiger partial charge in [-0.05, 0) is 72.6 Å². The van der Waals surface area contributed by atoms with Gasteiger partial charge in [0.2, 0.25) is 0 Å². The summed E-state index contributed by atoms with van der Waals surface area (Å²) in [7, 11) is 0. The number of carbonyl (C=O) groups excluding carboxylic acids is 1. The Balaban J connectivity index is 2.44. The first-order valence-corrected chi connectivity index (χ1v) is 15.1. The number of rotatable bonds is 0. The van der Waals surface area contributed by atoms with Gasteiger partial charge >= 0.3 is 6.16 Å². The van der Waals surface area contributed by atoms with Gasteiger partial charge in [0, 0.05) is 34.7 Å². The summed E-state index contributed by atoms with van der Waals surface area (Å²) in [6, 6.07) is 8.47. The standard InChI is InChI=1S/C37H54N2O3/c1-32(2,3)25-17-23-21-38-36(13,14)37(15,16)39-22-24-18-26(33(4,5)6)20-28(35(10,11)12)30(24)42-31(40)41-29(23)27(19-25)34(7,8)9/h17-22H,1-16H3. The lowest BCUT2D eigenvalue weighted by molar-refractivity contribution is 0.150. The minimum atomic E-state index is -0.778. The number of carbonyl (C=O) groups is 1. The van der Waals surface area contributed by atoms with Gasteiger partial charge < -0.3 is 9.47 Å². The first-order chi connectivity index (χ1) is 18.7. The third-order valence-electron chi connectivity index (χ3n) is 8.50. The van der Waals surface area contributed by atoms with Crippen LogP contribution in [0.15, 0.2) is 34.3 Å². The zero-order valence-corrected chi connectivity index (χ0v) is 29.1. The van der Waals surface area contributed by atoms with E-state index in [1.54, 1.807) is 0 Å². The number of nitrogens with zero attached hydrogens (tertiary/aromatic N) is 2. The molecule has 0 saturated heterocycles. The van der Waals surface area contributed by atoms with Crippen LogP contribution >= 0.6 is 0 Å². The molecule has 0 bridgehead atoms. The van der Waals surface area contributed by atoms with E-state index in [2.05, 4.69) is 135 Å². The van der Waals surface area contributed by atoms with E-state index in [0.29, 0.717) is 11.5 Å². The van der Waals surface area contributed by atoms with Gasteiger partial charge in [0.15, 0.2) is 0 Å². The fraction of sp³-hybridized carbons (Fsp3) is 0.595. The summed E-state index contributed by atoms with van der Waals surface area (Å²) in [6.45, 7) is 34.3. The van der Waals surface area contributed by atoms with Gasteiger partial charge in [-0.25, -0.2) is 4.79 Å². The van der Waals surface area contributed by atoms with Crippen LogP contribution in [0.4, 0.5) is 4.79 Å². The van der Waals surface area contributed by atoms with Crippen LogP contribution in [0.3, 0.4) is 0 Å². The number of hydrogen-bond donors (Lipinski definition) is 0. The molecule has 0 aliphatic carbocycles. The molecule has 1 aliphatic rings. The van der Waals surface area contributed by atoms with E-state index >= 15 is 0 Å². The van der Waals surface area contributed by atoms with Crippen molar-refractivity contribution in [1.82, 2.24) is 0 Å². The third-order valence-corrected chi connectivity index (χ3v) is 8.50. The molecule has 0 saturated carbocycles. The number of ether oxygens (including phenoxy) is 2. The highest BCUT2D eigenvalue weighted by Gasteiger charge is 2.37. The minimum Gasteiger partial charge on any atom is -0.394 e. The maximum Gasteiger partial charge on any atom is 0.519 e. The van der Waals surface area contributed by atoms with Crippen LogP contribution in [0.25, 0.3) is 0 Å². The quantitative estimate of drug-likeness (QED) is 0.232. The van der Waals surface area contributed by atoms with E-state index < -0.39 is 17.2 Å². The molecule has 0 fully saturated rings. The Hall–Kier alpha value is -2.95. The van der Waals surface area contributed by atoms with Crippen LogP contribution in [-0.4, -0.2) is 29.7 Å². The number of benzene rings is 2. The molecule has 1 aliphatic heterocycles. The van der Waals surface area contributed by atoms with Gasteiger partial charge in [0.05, 0.1) is 11.1 Å². The summed E-state index contributed by atoms with van der Waals surface area (Å²) in [5, 5.41) is 0. The molecule has 0 spiro atoms. The molecule has 0 amide bonds. The number of aliphatic imine (C=N–C) groups is 2. The van der Waals surface area contributed by atoms with Crippen LogP contribution in [0.1, 0.15) is 144 Å². The smallest absolute Gasteiger partial charge is 0.394 e. The van der Waals surface area contributed by atoms with Crippen molar-refractivity contribution in [3.8, 4) is 11.5 Å². The van der Waals surface area contributed by atoms with Crippen molar-refractivity contribution in [1.29, 1.82) is 0 Å². The maximum atomic E-state index is 13.8. The zero-order valence-electron chi connectivity index (χ0n) is 29.1. The Morgan fingerprint density at radius 3 is 1.10 bits per heavy atom. The second-order valence-electron chi connectivity index (χ2n) is 17.0. The molecule has 0 aromatic heterocycles. The highest BCUT2D eigenvalue weighted by Crippen LogP contribution is 2.41. The van der Waals surface area contributed by atoms with Crippen LogP contribution < -0.4 is 9.47 Å². The lowest BCUT2D eigenvalue weighted by Gasteiger charge is -2.35. The Kier molecular flexibility index (Phi) is 8.50. The van der Waals surface area contributed by atoms with Gasteiger partial charge in [-0.3, -0.25) is 9.98 Å². The Morgan fingerprint density at radius 2 is 0.833 bits per heavy atom. The van der Waals surface area contributed by atoms with Crippen molar-refractivity contribution in [2.24, 2.45) is 9.98 Å². The molecule has 0 radical (unpaired) electrons. The summed E-state index contributed by atoms with van der Waals surface area (Å²) in [5.74, 6) is 0.950. The first-order valence-electron chi connectivity index (χ1n) is 15.1. The normalized spacial score (nSPS) is 17.7. The molecule has 42 heavy (non-hydrogen) atoms. The summed E-state index contributed by atoms with van der Waals surface area (Å²) in [5.41, 5.74) is 3.64. The average molecular weight is 575 g/mol. The monoisotopic (exact) mass is 574 g/mol. The van der Waals surface area contributed by atoms with Crippen LogP contribution in [0.2, 0.25) is 0 Å². The van der Waals surface area contributed by atoms with E-state index in [-0.39, 0.29) is 21.7 Å². The average Bonchev–Trinajstić information content (AvgIpc) is 2.79. The fourth-order valence-electron chi connectivity index (χ4n) is 4.67. The van der Waals surface area contributed by atoms with Gasteiger partial charge in [-0.1, -0.05) is 95.2 Å². The maximum absolute atomic E-state index is 13.8. The molecule has 0 unspecified atom stereocenters. The van der Waals surface area contributed by atoms with Crippen LogP contribution in [0.5, 0.6) is 11.5 Å². The molecule has 2 aromatic carbocycles. The Bertz CT molecular complexity index is 1310. The molecule has 0 N–H and O–H groups in total. The second-order valence-corrected chi connectivity index (χ2v) is 17.0. The summed E-state index contributed by atoms with van der Waals surface area (Å²) in [4.78, 5) is 23.9. The number of fused-ring (bicyclic) bond motifs is 2. The topological polar surface area (TPSA) is 60.2 Å². The highest BCUT2D eigenvalue weighted by molar-refractivity contribution is 5.89. The summed E-state index contributed by atoms with van der Waals surface area (Å²) < 4.78 is 12.4. The largest absolute Gasteiger partial charge is 0.519 e. The van der Waals surface area contributed by atoms with Crippen molar-refractivity contribution < 1.29 is 14.3 Å². The van der Waals surface area contributed by atoms with Gasteiger partial charge in [-0.2, -0.15) is 0 Å². The van der Waals surface area contributed by atoms with Gasteiger partial charge in [-0.15, -0.1) is 0 Å². The summed E-state index contributed by atoms with van der Waals surface area (Å²) in [6.07, 6.45) is 2.90.